The minimum atomic E-state index is -4.62. The van der Waals surface area contributed by atoms with Crippen molar-refractivity contribution in [2.45, 2.75) is 6.18 Å². The van der Waals surface area contributed by atoms with E-state index in [-0.39, 0.29) is 17.3 Å². The van der Waals surface area contributed by atoms with E-state index in [4.69, 9.17) is 10.2 Å². The van der Waals surface area contributed by atoms with Crippen LogP contribution >= 0.6 is 0 Å². The second-order valence-corrected chi connectivity index (χ2v) is 3.29. The standard InChI is InChI=1S/C10H6F4N2O/c11-7-2-5(8-4-16-9(15)17-8)1-6(3-7)10(12,13)14/h1-4H,(H2,15,16). The molecule has 3 nitrogen and oxygen atoms in total. The molecule has 17 heavy (non-hydrogen) atoms. The van der Waals surface area contributed by atoms with E-state index in [0.717, 1.165) is 18.3 Å². The molecule has 1 aromatic carbocycles. The van der Waals surface area contributed by atoms with Crippen LogP contribution in [0.25, 0.3) is 11.3 Å². The minimum absolute atomic E-state index is 0.0208. The molecule has 0 fully saturated rings. The summed E-state index contributed by atoms with van der Waals surface area (Å²) in [6.07, 6.45) is -3.49. The molecule has 2 aromatic rings. The molecule has 7 heteroatoms. The van der Waals surface area contributed by atoms with Crippen molar-refractivity contribution in [3.05, 3.63) is 35.8 Å². The third-order valence-electron chi connectivity index (χ3n) is 2.03. The zero-order valence-electron chi connectivity index (χ0n) is 8.25. The number of anilines is 1. The average molecular weight is 246 g/mol. The maximum absolute atomic E-state index is 13.1. The Morgan fingerprint density at radius 3 is 2.41 bits per heavy atom. The van der Waals surface area contributed by atoms with Gasteiger partial charge in [-0.3, -0.25) is 0 Å². The molecule has 90 valence electrons. The number of halogens is 4. The molecule has 0 unspecified atom stereocenters. The van der Waals surface area contributed by atoms with Gasteiger partial charge in [-0.1, -0.05) is 0 Å². The molecule has 2 rings (SSSR count). The topological polar surface area (TPSA) is 52.0 Å². The summed E-state index contributed by atoms with van der Waals surface area (Å²) in [6.45, 7) is 0. The first-order valence-corrected chi connectivity index (χ1v) is 4.46. The van der Waals surface area contributed by atoms with E-state index in [1.807, 2.05) is 0 Å². The quantitative estimate of drug-likeness (QED) is 0.786. The Morgan fingerprint density at radius 2 is 1.88 bits per heavy atom. The number of oxazole rings is 1. The van der Waals surface area contributed by atoms with Crippen molar-refractivity contribution >= 4 is 6.01 Å². The first kappa shape index (κ1) is 11.4. The Balaban J connectivity index is 2.52. The highest BCUT2D eigenvalue weighted by Crippen LogP contribution is 2.33. The zero-order chi connectivity index (χ0) is 12.6. The molecule has 2 N–H and O–H groups in total. The van der Waals surface area contributed by atoms with Gasteiger partial charge in [-0.25, -0.2) is 9.37 Å². The van der Waals surface area contributed by atoms with Crippen molar-refractivity contribution in [1.82, 2.24) is 4.98 Å². The summed E-state index contributed by atoms with van der Waals surface area (Å²) in [7, 11) is 0. The Bertz CT molecular complexity index is 547. The number of nitrogens with two attached hydrogens (primary N) is 1. The Hall–Kier alpha value is -2.05. The number of hydrogen-bond acceptors (Lipinski definition) is 3. The van der Waals surface area contributed by atoms with Gasteiger partial charge in [-0.2, -0.15) is 13.2 Å². The molecule has 0 atom stereocenters. The van der Waals surface area contributed by atoms with Gasteiger partial charge in [0, 0.05) is 5.56 Å². The number of nitrogen functional groups attached to an aromatic ring is 1. The highest BCUT2D eigenvalue weighted by molar-refractivity contribution is 5.58. The summed E-state index contributed by atoms with van der Waals surface area (Å²) in [5.41, 5.74) is 4.02. The molecular formula is C10H6F4N2O. The molecule has 0 bridgehead atoms. The molecule has 0 saturated carbocycles. The van der Waals surface area contributed by atoms with Crippen molar-refractivity contribution in [2.24, 2.45) is 0 Å². The lowest BCUT2D eigenvalue weighted by Crippen LogP contribution is -2.05. The van der Waals surface area contributed by atoms with Gasteiger partial charge in [0.2, 0.25) is 0 Å². The van der Waals surface area contributed by atoms with Crippen molar-refractivity contribution in [1.29, 1.82) is 0 Å². The number of rotatable bonds is 1. The first-order valence-electron chi connectivity index (χ1n) is 4.46. The molecule has 0 aliphatic heterocycles. The van der Waals surface area contributed by atoms with Crippen LogP contribution in [-0.4, -0.2) is 4.98 Å². The highest BCUT2D eigenvalue weighted by Gasteiger charge is 2.31. The maximum Gasteiger partial charge on any atom is 0.416 e. The predicted octanol–water partition coefficient (Wildman–Crippen LogP) is 3.08. The fraction of sp³-hybridized carbons (Fsp3) is 0.100. The van der Waals surface area contributed by atoms with Crippen LogP contribution in [0.2, 0.25) is 0 Å². The van der Waals surface area contributed by atoms with E-state index in [1.54, 1.807) is 0 Å². The minimum Gasteiger partial charge on any atom is -0.424 e. The zero-order valence-corrected chi connectivity index (χ0v) is 8.25. The van der Waals surface area contributed by atoms with Gasteiger partial charge in [-0.05, 0) is 18.2 Å². The van der Waals surface area contributed by atoms with Gasteiger partial charge in [0.25, 0.3) is 6.01 Å². The first-order chi connectivity index (χ1) is 7.86. The van der Waals surface area contributed by atoms with Gasteiger partial charge in [0.05, 0.1) is 11.8 Å². The lowest BCUT2D eigenvalue weighted by atomic mass is 10.1. The van der Waals surface area contributed by atoms with E-state index in [9.17, 15) is 17.6 Å². The number of benzene rings is 1. The summed E-state index contributed by atoms with van der Waals surface area (Å²) in [5.74, 6) is -1.03. The second kappa shape index (κ2) is 3.76. The summed E-state index contributed by atoms with van der Waals surface area (Å²) >= 11 is 0. The van der Waals surface area contributed by atoms with E-state index < -0.39 is 17.6 Å². The van der Waals surface area contributed by atoms with E-state index >= 15 is 0 Å². The largest absolute Gasteiger partial charge is 0.424 e. The van der Waals surface area contributed by atoms with Crippen molar-refractivity contribution < 1.29 is 22.0 Å². The van der Waals surface area contributed by atoms with Crippen LogP contribution in [0.15, 0.2) is 28.8 Å². The third kappa shape index (κ3) is 2.38. The van der Waals surface area contributed by atoms with Gasteiger partial charge in [-0.15, -0.1) is 0 Å². The van der Waals surface area contributed by atoms with Gasteiger partial charge in [0.1, 0.15) is 5.82 Å². The van der Waals surface area contributed by atoms with Crippen LogP contribution in [0.5, 0.6) is 0 Å². The average Bonchev–Trinajstić information content (AvgIpc) is 2.62. The molecule has 1 aromatic heterocycles. The predicted molar refractivity (Wildman–Crippen MR) is 51.3 cm³/mol. The molecule has 0 radical (unpaired) electrons. The fourth-order valence-electron chi connectivity index (χ4n) is 1.32. The Morgan fingerprint density at radius 1 is 1.18 bits per heavy atom. The summed E-state index contributed by atoms with van der Waals surface area (Å²) < 4.78 is 55.2. The number of nitrogens with zero attached hydrogens (tertiary/aromatic N) is 1. The van der Waals surface area contributed by atoms with Crippen LogP contribution < -0.4 is 5.73 Å². The SMILES string of the molecule is Nc1ncc(-c2cc(F)cc(C(F)(F)F)c2)o1. The normalized spacial score (nSPS) is 11.8. The summed E-state index contributed by atoms with van der Waals surface area (Å²) in [6, 6.07) is 1.89. The number of alkyl halides is 3. The highest BCUT2D eigenvalue weighted by atomic mass is 19.4. The van der Waals surface area contributed by atoms with E-state index in [1.165, 1.54) is 0 Å². The lowest BCUT2D eigenvalue weighted by molar-refractivity contribution is -0.137. The summed E-state index contributed by atoms with van der Waals surface area (Å²) in [4.78, 5) is 3.52. The number of aromatic nitrogens is 1. The molecule has 0 aliphatic rings. The van der Waals surface area contributed by atoms with Crippen molar-refractivity contribution in [2.75, 3.05) is 5.73 Å². The Kier molecular flexibility index (Phi) is 2.53. The van der Waals surface area contributed by atoms with Gasteiger partial charge in [0.15, 0.2) is 5.76 Å². The molecule has 0 aliphatic carbocycles. The smallest absolute Gasteiger partial charge is 0.416 e. The van der Waals surface area contributed by atoms with Crippen LogP contribution in [0, 0.1) is 5.82 Å². The van der Waals surface area contributed by atoms with Crippen LogP contribution in [0.4, 0.5) is 23.6 Å². The van der Waals surface area contributed by atoms with Gasteiger partial charge >= 0.3 is 6.18 Å². The molecule has 0 saturated heterocycles. The van der Waals surface area contributed by atoms with Crippen molar-refractivity contribution in [3.63, 3.8) is 0 Å². The molecule has 0 spiro atoms. The Labute approximate surface area is 92.9 Å². The van der Waals surface area contributed by atoms with Crippen LogP contribution in [0.1, 0.15) is 5.56 Å². The third-order valence-corrected chi connectivity index (χ3v) is 2.03. The second-order valence-electron chi connectivity index (χ2n) is 3.29. The monoisotopic (exact) mass is 246 g/mol. The molecular weight excluding hydrogens is 240 g/mol. The lowest BCUT2D eigenvalue weighted by Gasteiger charge is -2.07. The van der Waals surface area contributed by atoms with Crippen molar-refractivity contribution in [3.8, 4) is 11.3 Å². The van der Waals surface area contributed by atoms with Gasteiger partial charge < -0.3 is 10.2 Å². The number of hydrogen-bond donors (Lipinski definition) is 1. The molecule has 0 amide bonds. The maximum atomic E-state index is 13.1. The molecule has 1 heterocycles. The van der Waals surface area contributed by atoms with E-state index in [2.05, 4.69) is 4.98 Å². The van der Waals surface area contributed by atoms with Crippen LogP contribution in [-0.2, 0) is 6.18 Å². The fourth-order valence-corrected chi connectivity index (χ4v) is 1.32. The van der Waals surface area contributed by atoms with Crippen LogP contribution in [0.3, 0.4) is 0 Å². The summed E-state index contributed by atoms with van der Waals surface area (Å²) in [5, 5.41) is 0. The van der Waals surface area contributed by atoms with E-state index in [0.29, 0.717) is 6.07 Å².